The molecule has 4 aliphatic carbocycles. The summed E-state index contributed by atoms with van der Waals surface area (Å²) in [7, 11) is 0. The van der Waals surface area contributed by atoms with Crippen molar-refractivity contribution in [1.29, 1.82) is 0 Å². The van der Waals surface area contributed by atoms with Gasteiger partial charge in [0.2, 0.25) is 0 Å². The second-order valence-corrected chi connectivity index (χ2v) is 13.7. The van der Waals surface area contributed by atoms with Crippen molar-refractivity contribution in [2.75, 3.05) is 6.61 Å². The minimum Gasteiger partial charge on any atom is -0.393 e. The van der Waals surface area contributed by atoms with Gasteiger partial charge in [0.15, 0.2) is 23.5 Å². The van der Waals surface area contributed by atoms with Gasteiger partial charge in [0.05, 0.1) is 18.8 Å². The average molecular weight is 597 g/mol. The van der Waals surface area contributed by atoms with Gasteiger partial charge in [0.25, 0.3) is 0 Å². The molecule has 1 heterocycles. The first kappa shape index (κ1) is 29.5. The van der Waals surface area contributed by atoms with Crippen LogP contribution < -0.4 is 0 Å². The molecule has 9 atom stereocenters. The van der Waals surface area contributed by atoms with E-state index in [9.17, 15) is 24.9 Å². The number of aliphatic hydroxyl groups is 3. The molecule has 5 aliphatic rings. The van der Waals surface area contributed by atoms with E-state index in [1.165, 1.54) is 0 Å². The molecule has 0 bridgehead atoms. The van der Waals surface area contributed by atoms with Crippen LogP contribution in [0.25, 0.3) is 12.2 Å². The molecule has 7 heteroatoms. The number of aliphatic hydroxyl groups excluding tert-OH is 3. The summed E-state index contributed by atoms with van der Waals surface area (Å²) in [6.45, 7) is 3.49. The number of ketones is 2. The van der Waals surface area contributed by atoms with Crippen molar-refractivity contribution < 1.29 is 34.4 Å². The van der Waals surface area contributed by atoms with Crippen LogP contribution in [0.4, 0.5) is 0 Å². The predicted octanol–water partition coefficient (Wildman–Crippen LogP) is 4.95. The monoisotopic (exact) mass is 596 g/mol. The third kappa shape index (κ3) is 4.28. The van der Waals surface area contributed by atoms with Gasteiger partial charge in [-0.2, -0.15) is 0 Å². The summed E-state index contributed by atoms with van der Waals surface area (Å²) >= 11 is 0. The van der Waals surface area contributed by atoms with Crippen LogP contribution in [-0.2, 0) is 25.7 Å². The van der Waals surface area contributed by atoms with Crippen LogP contribution in [0.2, 0.25) is 0 Å². The first-order valence-electron chi connectivity index (χ1n) is 15.7. The third-order valence-electron chi connectivity index (χ3n) is 11.6. The Kier molecular flexibility index (Phi) is 7.18. The van der Waals surface area contributed by atoms with Crippen LogP contribution in [0.3, 0.4) is 0 Å². The van der Waals surface area contributed by atoms with E-state index in [1.807, 2.05) is 73.7 Å². The maximum Gasteiger partial charge on any atom is 0.193 e. The van der Waals surface area contributed by atoms with Crippen molar-refractivity contribution in [2.45, 2.75) is 70.2 Å². The lowest BCUT2D eigenvalue weighted by Crippen LogP contribution is -2.63. The zero-order valence-electron chi connectivity index (χ0n) is 25.2. The van der Waals surface area contributed by atoms with E-state index in [0.717, 1.165) is 40.7 Å². The van der Waals surface area contributed by atoms with Gasteiger partial charge in [-0.05, 0) is 78.5 Å². The summed E-state index contributed by atoms with van der Waals surface area (Å²) < 4.78 is 13.3. The van der Waals surface area contributed by atoms with Crippen LogP contribution in [-0.4, -0.2) is 51.3 Å². The van der Waals surface area contributed by atoms with Crippen LogP contribution in [0.15, 0.2) is 72.3 Å². The maximum atomic E-state index is 13.8. The zero-order valence-corrected chi connectivity index (χ0v) is 25.2. The van der Waals surface area contributed by atoms with Crippen LogP contribution in [0, 0.1) is 28.6 Å². The molecule has 3 N–H and O–H groups in total. The fourth-order valence-electron chi connectivity index (χ4n) is 9.63. The Hall–Kier alpha value is -3.20. The predicted molar refractivity (Wildman–Crippen MR) is 165 cm³/mol. The van der Waals surface area contributed by atoms with Crippen molar-refractivity contribution in [2.24, 2.45) is 28.6 Å². The highest BCUT2D eigenvalue weighted by atomic mass is 16.7. The van der Waals surface area contributed by atoms with Gasteiger partial charge in [-0.1, -0.05) is 74.0 Å². The smallest absolute Gasteiger partial charge is 0.193 e. The summed E-state index contributed by atoms with van der Waals surface area (Å²) in [4.78, 5) is 26.0. The quantitative estimate of drug-likeness (QED) is 0.405. The normalized spacial score (nSPS) is 39.0. The van der Waals surface area contributed by atoms with Crippen molar-refractivity contribution in [3.05, 3.63) is 94.6 Å². The van der Waals surface area contributed by atoms with Crippen molar-refractivity contribution in [1.82, 2.24) is 0 Å². The topological polar surface area (TPSA) is 113 Å². The zero-order chi connectivity index (χ0) is 30.9. The summed E-state index contributed by atoms with van der Waals surface area (Å²) in [5.41, 5.74) is 2.07. The van der Waals surface area contributed by atoms with E-state index in [0.29, 0.717) is 12.8 Å². The van der Waals surface area contributed by atoms with Crippen LogP contribution >= 0.6 is 0 Å². The Labute approximate surface area is 257 Å². The molecular weight excluding hydrogens is 556 g/mol. The van der Waals surface area contributed by atoms with Gasteiger partial charge < -0.3 is 24.8 Å². The minimum absolute atomic E-state index is 0.00254. The van der Waals surface area contributed by atoms with Crippen LogP contribution in [0.5, 0.6) is 0 Å². The number of carbonyl (C=O) groups excluding carboxylic acids is 2. The molecule has 230 valence electrons. The number of carbonyl (C=O) groups is 2. The molecule has 2 aromatic rings. The Balaban J connectivity index is 1.19. The maximum absolute atomic E-state index is 13.8. The SMILES string of the molecule is C[C@]12C=CC(=O)C=C1CC[C@@H]1[C@@H]2[C@@H](O)C[C@@]2(C)[C@H]1C[C@H]1O[C@@H](c3cccc(/C=C/c4cccc(CO)c4)c3)O[C@]12C(=O)CO. The van der Waals surface area contributed by atoms with E-state index >= 15 is 0 Å². The van der Waals surface area contributed by atoms with Gasteiger partial charge >= 0.3 is 0 Å². The lowest BCUT2D eigenvalue weighted by atomic mass is 9.46. The molecule has 0 unspecified atom stereocenters. The molecule has 0 aromatic heterocycles. The fourth-order valence-corrected chi connectivity index (χ4v) is 9.63. The van der Waals surface area contributed by atoms with Crippen molar-refractivity contribution >= 4 is 23.7 Å². The Morgan fingerprint density at radius 2 is 1.82 bits per heavy atom. The second-order valence-electron chi connectivity index (χ2n) is 13.7. The van der Waals surface area contributed by atoms with Gasteiger partial charge in [0.1, 0.15) is 6.61 Å². The molecule has 0 spiro atoms. The molecule has 7 rings (SSSR count). The molecular formula is C37H40O7. The summed E-state index contributed by atoms with van der Waals surface area (Å²) in [6.07, 6.45) is 9.79. The Bertz CT molecular complexity index is 1590. The summed E-state index contributed by atoms with van der Waals surface area (Å²) in [5.74, 6) is -0.322. The van der Waals surface area contributed by atoms with E-state index in [2.05, 4.69) is 6.92 Å². The standard InChI is InChI=1S/C37H40O7/c1-35-14-13-27(40)17-26(35)11-12-28-29-18-32-37(31(42)21-39,36(29,2)19-30(41)33(28)35)44-34(43-32)25-8-4-6-23(16-25)10-9-22-5-3-7-24(15-22)20-38/h3-10,13-17,28-30,32-34,38-39,41H,11-12,18-21H2,1-2H3/b10-9+/t28-,29-,30-,32+,33+,34+,35-,36-,37+/m0/s1. The highest BCUT2D eigenvalue weighted by Gasteiger charge is 2.75. The number of benzene rings is 2. The number of rotatable bonds is 6. The lowest BCUT2D eigenvalue weighted by molar-refractivity contribution is -0.201. The molecule has 1 aliphatic heterocycles. The fraction of sp³-hybridized carbons (Fsp3) is 0.459. The first-order valence-corrected chi connectivity index (χ1v) is 15.7. The highest BCUT2D eigenvalue weighted by Crippen LogP contribution is 2.70. The number of hydrogen-bond acceptors (Lipinski definition) is 7. The molecule has 0 radical (unpaired) electrons. The molecule has 3 saturated carbocycles. The van der Waals surface area contributed by atoms with Crippen molar-refractivity contribution in [3.8, 4) is 0 Å². The van der Waals surface area contributed by atoms with Gasteiger partial charge in [0, 0.05) is 22.3 Å². The molecule has 1 saturated heterocycles. The Morgan fingerprint density at radius 3 is 2.57 bits per heavy atom. The lowest BCUT2D eigenvalue weighted by Gasteiger charge is -2.59. The number of fused-ring (bicyclic) bond motifs is 7. The molecule has 2 aromatic carbocycles. The van der Waals surface area contributed by atoms with Gasteiger partial charge in [-0.3, -0.25) is 9.59 Å². The number of Topliss-reactive ketones (excluding diaryl/α,β-unsaturated/α-hetero) is 1. The van der Waals surface area contributed by atoms with E-state index in [-0.39, 0.29) is 30.1 Å². The average Bonchev–Trinajstić information content (AvgIpc) is 3.53. The first-order chi connectivity index (χ1) is 21.1. The van der Waals surface area contributed by atoms with Crippen LogP contribution in [0.1, 0.15) is 68.1 Å². The molecule has 0 amide bonds. The summed E-state index contributed by atoms with van der Waals surface area (Å²) in [5, 5.41) is 31.6. The van der Waals surface area contributed by atoms with Gasteiger partial charge in [-0.25, -0.2) is 0 Å². The number of ether oxygens (including phenoxy) is 2. The summed E-state index contributed by atoms with van der Waals surface area (Å²) in [6, 6.07) is 15.5. The van der Waals surface area contributed by atoms with Gasteiger partial charge in [-0.15, -0.1) is 0 Å². The molecule has 4 fully saturated rings. The Morgan fingerprint density at radius 1 is 1.07 bits per heavy atom. The molecule has 44 heavy (non-hydrogen) atoms. The number of hydrogen-bond donors (Lipinski definition) is 3. The highest BCUT2D eigenvalue weighted by molar-refractivity contribution is 6.01. The largest absolute Gasteiger partial charge is 0.393 e. The van der Waals surface area contributed by atoms with E-state index in [1.54, 1.807) is 12.2 Å². The van der Waals surface area contributed by atoms with Crippen molar-refractivity contribution in [3.63, 3.8) is 0 Å². The molecule has 7 nitrogen and oxygen atoms in total. The number of allylic oxidation sites excluding steroid dienone is 4. The second kappa shape index (κ2) is 10.7. The minimum atomic E-state index is -1.38. The van der Waals surface area contributed by atoms with E-state index in [4.69, 9.17) is 9.47 Å². The van der Waals surface area contributed by atoms with E-state index < -0.39 is 47.3 Å². The third-order valence-corrected chi connectivity index (χ3v) is 11.6.